The Hall–Kier alpha value is -4.58. The Balaban J connectivity index is 1.14. The maximum Gasteiger partial charge on any atom is 0.265 e. The van der Waals surface area contributed by atoms with Crippen molar-refractivity contribution < 1.29 is 19.2 Å². The molecule has 2 heterocycles. The maximum absolute atomic E-state index is 13.9. The molecule has 2 aliphatic carbocycles. The monoisotopic (exact) mass is 582 g/mol. The molecule has 4 amide bonds. The van der Waals surface area contributed by atoms with Gasteiger partial charge in [0, 0.05) is 33.0 Å². The molecular weight excluding hydrogens is 548 g/mol. The first-order valence-corrected chi connectivity index (χ1v) is 16.1. The summed E-state index contributed by atoms with van der Waals surface area (Å²) in [6, 6.07) is 22.1. The molecule has 4 aliphatic rings. The zero-order valence-corrected chi connectivity index (χ0v) is 24.7. The van der Waals surface area contributed by atoms with E-state index >= 15 is 0 Å². The molecule has 0 atom stereocenters. The highest BCUT2D eigenvalue weighted by atomic mass is 16.2. The molecule has 6 nitrogen and oxygen atoms in total. The topological polar surface area (TPSA) is 74.8 Å². The van der Waals surface area contributed by atoms with Crippen LogP contribution < -0.4 is 9.80 Å². The van der Waals surface area contributed by atoms with Gasteiger partial charge in [0.25, 0.3) is 23.6 Å². The first kappa shape index (κ1) is 27.0. The van der Waals surface area contributed by atoms with Crippen LogP contribution in [0.3, 0.4) is 0 Å². The number of carbonyl (C=O) groups excluding carboxylic acids is 4. The fourth-order valence-electron chi connectivity index (χ4n) is 8.01. The molecule has 4 aromatic rings. The summed E-state index contributed by atoms with van der Waals surface area (Å²) >= 11 is 0. The summed E-state index contributed by atoms with van der Waals surface area (Å²) in [4.78, 5) is 57.9. The molecule has 0 bridgehead atoms. The minimum absolute atomic E-state index is 0.322. The standard InChI is InChI=1S/C38H34N2O4/c41-35-29-19-21-31-34-32(38(44)40(37(31)43)28-17-13-26(14-18-28)24-9-5-2-6-10-24)22-20-30(33(29)34)36(42)39(35)27-15-11-25(12-16-27)23-7-3-1-4-8-23/h11-24H,1-10H2. The van der Waals surface area contributed by atoms with Crippen LogP contribution in [-0.4, -0.2) is 23.6 Å². The first-order chi connectivity index (χ1) is 21.5. The van der Waals surface area contributed by atoms with Crippen LogP contribution in [0.5, 0.6) is 0 Å². The fourth-order valence-corrected chi connectivity index (χ4v) is 8.01. The number of carbonyl (C=O) groups is 4. The third kappa shape index (κ3) is 4.15. The van der Waals surface area contributed by atoms with Gasteiger partial charge in [0.05, 0.1) is 11.4 Å². The molecule has 0 saturated heterocycles. The van der Waals surface area contributed by atoms with E-state index in [1.54, 1.807) is 24.3 Å². The Kier molecular flexibility index (Phi) is 6.47. The summed E-state index contributed by atoms with van der Waals surface area (Å²) in [5.41, 5.74) is 4.82. The maximum atomic E-state index is 13.9. The largest absolute Gasteiger partial charge is 0.268 e. The van der Waals surface area contributed by atoms with Gasteiger partial charge >= 0.3 is 0 Å². The second-order valence-corrected chi connectivity index (χ2v) is 12.8. The third-order valence-electron chi connectivity index (χ3n) is 10.4. The molecule has 0 radical (unpaired) electrons. The van der Waals surface area contributed by atoms with E-state index in [4.69, 9.17) is 0 Å². The molecular formula is C38H34N2O4. The van der Waals surface area contributed by atoms with Crippen molar-refractivity contribution in [2.24, 2.45) is 0 Å². The number of anilines is 2. The number of imide groups is 2. The van der Waals surface area contributed by atoms with Crippen molar-refractivity contribution in [3.63, 3.8) is 0 Å². The highest BCUT2D eigenvalue weighted by molar-refractivity contribution is 6.42. The van der Waals surface area contributed by atoms with E-state index in [9.17, 15) is 19.2 Å². The number of hydrogen-bond acceptors (Lipinski definition) is 4. The van der Waals surface area contributed by atoms with Crippen molar-refractivity contribution in [3.05, 3.63) is 106 Å². The van der Waals surface area contributed by atoms with Crippen LogP contribution in [0.25, 0.3) is 10.8 Å². The van der Waals surface area contributed by atoms with Crippen LogP contribution in [0.4, 0.5) is 11.4 Å². The second-order valence-electron chi connectivity index (χ2n) is 12.8. The highest BCUT2D eigenvalue weighted by Gasteiger charge is 2.40. The first-order valence-electron chi connectivity index (χ1n) is 16.1. The van der Waals surface area contributed by atoms with Crippen LogP contribution >= 0.6 is 0 Å². The molecule has 0 aromatic heterocycles. The van der Waals surface area contributed by atoms with E-state index < -0.39 is 23.6 Å². The average molecular weight is 583 g/mol. The van der Waals surface area contributed by atoms with Crippen LogP contribution in [0.1, 0.15) is 129 Å². The molecule has 2 fully saturated rings. The lowest BCUT2D eigenvalue weighted by Gasteiger charge is -2.32. The van der Waals surface area contributed by atoms with E-state index in [-0.39, 0.29) is 0 Å². The van der Waals surface area contributed by atoms with E-state index in [0.717, 1.165) is 0 Å². The summed E-state index contributed by atoms with van der Waals surface area (Å²) in [6.45, 7) is 0. The van der Waals surface area contributed by atoms with Crippen molar-refractivity contribution >= 4 is 45.8 Å². The smallest absolute Gasteiger partial charge is 0.265 e. The minimum atomic E-state index is -0.447. The highest BCUT2D eigenvalue weighted by Crippen LogP contribution is 2.41. The summed E-state index contributed by atoms with van der Waals surface area (Å²) in [6.07, 6.45) is 12.2. The van der Waals surface area contributed by atoms with Crippen LogP contribution in [-0.2, 0) is 0 Å². The third-order valence-corrected chi connectivity index (χ3v) is 10.4. The summed E-state index contributed by atoms with van der Waals surface area (Å²) < 4.78 is 0. The second kappa shape index (κ2) is 10.5. The number of rotatable bonds is 4. The van der Waals surface area contributed by atoms with Gasteiger partial charge in [-0.1, -0.05) is 62.8 Å². The zero-order chi connectivity index (χ0) is 29.9. The van der Waals surface area contributed by atoms with Crippen molar-refractivity contribution in [3.8, 4) is 0 Å². The zero-order valence-electron chi connectivity index (χ0n) is 24.7. The predicted octanol–water partition coefficient (Wildman–Crippen LogP) is 8.54. The SMILES string of the molecule is O=C1c2ccc3c4c(ccc(c24)C(=O)N1c1ccc(C2CCCCC2)cc1)C(=O)N(c1ccc(C2CCCCC2)cc1)C3=O. The average Bonchev–Trinajstić information content (AvgIpc) is 3.08. The van der Waals surface area contributed by atoms with Gasteiger partial charge in [-0.25, -0.2) is 9.80 Å². The van der Waals surface area contributed by atoms with Gasteiger partial charge < -0.3 is 0 Å². The lowest BCUT2D eigenvalue weighted by atomic mass is 9.83. The summed E-state index contributed by atoms with van der Waals surface area (Å²) in [7, 11) is 0. The number of benzene rings is 4. The summed E-state index contributed by atoms with van der Waals surface area (Å²) in [5.74, 6) is -0.747. The van der Waals surface area contributed by atoms with Crippen LogP contribution in [0, 0.1) is 0 Å². The van der Waals surface area contributed by atoms with Crippen molar-refractivity contribution in [2.75, 3.05) is 9.80 Å². The molecule has 220 valence electrons. The van der Waals surface area contributed by atoms with Gasteiger partial charge in [-0.2, -0.15) is 0 Å². The van der Waals surface area contributed by atoms with Gasteiger partial charge in [0.2, 0.25) is 0 Å². The van der Waals surface area contributed by atoms with Gasteiger partial charge in [0.15, 0.2) is 0 Å². The molecule has 2 aliphatic heterocycles. The van der Waals surface area contributed by atoms with Crippen LogP contribution in [0.2, 0.25) is 0 Å². The predicted molar refractivity (Wildman–Crippen MR) is 171 cm³/mol. The van der Waals surface area contributed by atoms with Gasteiger partial charge in [-0.3, -0.25) is 19.2 Å². The lowest BCUT2D eigenvalue weighted by Crippen LogP contribution is -2.43. The van der Waals surface area contributed by atoms with E-state index in [1.807, 2.05) is 48.5 Å². The molecule has 0 unspecified atom stereocenters. The number of amides is 4. The number of nitrogens with zero attached hydrogens (tertiary/aromatic N) is 2. The lowest BCUT2D eigenvalue weighted by molar-refractivity contribution is 0.0873. The number of hydrogen-bond donors (Lipinski definition) is 0. The molecule has 2 saturated carbocycles. The quantitative estimate of drug-likeness (QED) is 0.226. The minimum Gasteiger partial charge on any atom is -0.268 e. The molecule has 0 N–H and O–H groups in total. The molecule has 8 rings (SSSR count). The van der Waals surface area contributed by atoms with Gasteiger partial charge in [-0.15, -0.1) is 0 Å². The van der Waals surface area contributed by atoms with Crippen molar-refractivity contribution in [1.29, 1.82) is 0 Å². The Labute approximate surface area is 256 Å². The Morgan fingerprint density at radius 3 is 0.977 bits per heavy atom. The van der Waals surface area contributed by atoms with E-state index in [1.165, 1.54) is 85.1 Å². The normalized spacial score (nSPS) is 19.3. The molecule has 0 spiro atoms. The van der Waals surface area contributed by atoms with E-state index in [0.29, 0.717) is 56.2 Å². The Bertz CT molecular complexity index is 1640. The van der Waals surface area contributed by atoms with Crippen LogP contribution in [0.15, 0.2) is 72.8 Å². The Morgan fingerprint density at radius 1 is 0.386 bits per heavy atom. The van der Waals surface area contributed by atoms with Gasteiger partial charge in [0.1, 0.15) is 0 Å². The summed E-state index contributed by atoms with van der Waals surface area (Å²) in [5, 5.41) is 0.776. The molecule has 4 aromatic carbocycles. The van der Waals surface area contributed by atoms with E-state index in [2.05, 4.69) is 0 Å². The molecule has 44 heavy (non-hydrogen) atoms. The van der Waals surface area contributed by atoms with Gasteiger partial charge in [-0.05, 0) is 97.2 Å². The van der Waals surface area contributed by atoms with Crippen molar-refractivity contribution in [1.82, 2.24) is 0 Å². The fraction of sp³-hybridized carbons (Fsp3) is 0.316. The molecule has 6 heteroatoms. The van der Waals surface area contributed by atoms with Crippen molar-refractivity contribution in [2.45, 2.75) is 76.0 Å². The Morgan fingerprint density at radius 2 is 0.682 bits per heavy atom.